The molecule has 0 radical (unpaired) electrons. The first-order valence-electron chi connectivity index (χ1n) is 5.22. The second-order valence-electron chi connectivity index (χ2n) is 3.68. The average molecular weight is 228 g/mol. The van der Waals surface area contributed by atoms with Crippen LogP contribution in [0.3, 0.4) is 0 Å². The fourth-order valence-corrected chi connectivity index (χ4v) is 1.37. The summed E-state index contributed by atoms with van der Waals surface area (Å²) in [6, 6.07) is 6.92. The van der Waals surface area contributed by atoms with Crippen LogP contribution in [0.1, 0.15) is 23.0 Å². The van der Waals surface area contributed by atoms with Crippen LogP contribution in [0.25, 0.3) is 0 Å². The van der Waals surface area contributed by atoms with Crippen molar-refractivity contribution >= 4 is 5.78 Å². The molecule has 0 bridgehead atoms. The van der Waals surface area contributed by atoms with Crippen LogP contribution in [-0.4, -0.2) is 15.8 Å². The highest BCUT2D eigenvalue weighted by molar-refractivity contribution is 5.94. The SMILES string of the molecule is CC(=O)c1ccc(Oc2cncc(C)n2)cc1. The summed E-state index contributed by atoms with van der Waals surface area (Å²) in [5, 5.41) is 0. The van der Waals surface area contributed by atoms with E-state index in [2.05, 4.69) is 9.97 Å². The monoisotopic (exact) mass is 228 g/mol. The number of hydrogen-bond donors (Lipinski definition) is 0. The number of aryl methyl sites for hydroxylation is 1. The van der Waals surface area contributed by atoms with E-state index in [0.29, 0.717) is 17.2 Å². The Morgan fingerprint density at radius 3 is 2.47 bits per heavy atom. The molecule has 0 saturated heterocycles. The number of rotatable bonds is 3. The summed E-state index contributed by atoms with van der Waals surface area (Å²) in [7, 11) is 0. The van der Waals surface area contributed by atoms with Gasteiger partial charge in [0.15, 0.2) is 5.78 Å². The highest BCUT2D eigenvalue weighted by Gasteiger charge is 2.02. The standard InChI is InChI=1S/C13H12N2O2/c1-9-7-14-8-13(15-9)17-12-5-3-11(4-6-12)10(2)16/h3-8H,1-2H3. The van der Waals surface area contributed by atoms with E-state index in [4.69, 9.17) is 4.74 Å². The number of Topliss-reactive ketones (excluding diaryl/α,β-unsaturated/α-hetero) is 1. The Kier molecular flexibility index (Phi) is 3.14. The molecule has 86 valence electrons. The number of ether oxygens (including phenoxy) is 1. The zero-order chi connectivity index (χ0) is 12.3. The van der Waals surface area contributed by atoms with Gasteiger partial charge in [0.2, 0.25) is 5.88 Å². The van der Waals surface area contributed by atoms with Gasteiger partial charge in [-0.3, -0.25) is 9.78 Å². The lowest BCUT2D eigenvalue weighted by molar-refractivity contribution is 0.101. The van der Waals surface area contributed by atoms with E-state index in [1.165, 1.54) is 6.92 Å². The molecule has 4 heteroatoms. The number of carbonyl (C=O) groups is 1. The number of nitrogens with zero attached hydrogens (tertiary/aromatic N) is 2. The minimum Gasteiger partial charge on any atom is -0.437 e. The Morgan fingerprint density at radius 2 is 1.88 bits per heavy atom. The lowest BCUT2D eigenvalue weighted by atomic mass is 10.1. The Hall–Kier alpha value is -2.23. The Balaban J connectivity index is 2.16. The van der Waals surface area contributed by atoms with Gasteiger partial charge in [-0.25, -0.2) is 4.98 Å². The van der Waals surface area contributed by atoms with Gasteiger partial charge in [-0.15, -0.1) is 0 Å². The van der Waals surface area contributed by atoms with Crippen molar-refractivity contribution in [3.63, 3.8) is 0 Å². The maximum Gasteiger partial charge on any atom is 0.238 e. The third-order valence-electron chi connectivity index (χ3n) is 2.22. The van der Waals surface area contributed by atoms with Crippen LogP contribution in [0, 0.1) is 6.92 Å². The summed E-state index contributed by atoms with van der Waals surface area (Å²) in [6.45, 7) is 3.38. The van der Waals surface area contributed by atoms with Gasteiger partial charge in [-0.1, -0.05) is 0 Å². The first kappa shape index (κ1) is 11.3. The predicted molar refractivity (Wildman–Crippen MR) is 63.3 cm³/mol. The van der Waals surface area contributed by atoms with Crippen LogP contribution in [0.2, 0.25) is 0 Å². The lowest BCUT2D eigenvalue weighted by Gasteiger charge is -2.04. The summed E-state index contributed by atoms with van der Waals surface area (Å²) in [5.74, 6) is 1.11. The maximum atomic E-state index is 11.1. The number of hydrogen-bond acceptors (Lipinski definition) is 4. The van der Waals surface area contributed by atoms with Crippen molar-refractivity contribution in [1.82, 2.24) is 9.97 Å². The second kappa shape index (κ2) is 4.74. The van der Waals surface area contributed by atoms with Crippen molar-refractivity contribution < 1.29 is 9.53 Å². The highest BCUT2D eigenvalue weighted by Crippen LogP contribution is 2.19. The van der Waals surface area contributed by atoms with Gasteiger partial charge in [0.1, 0.15) is 5.75 Å². The van der Waals surface area contributed by atoms with Crippen LogP contribution in [0.4, 0.5) is 0 Å². The molecule has 0 atom stereocenters. The Labute approximate surface area is 99.3 Å². The molecule has 4 nitrogen and oxygen atoms in total. The van der Waals surface area contributed by atoms with Crippen molar-refractivity contribution in [1.29, 1.82) is 0 Å². The number of benzene rings is 1. The van der Waals surface area contributed by atoms with E-state index in [9.17, 15) is 4.79 Å². The summed E-state index contributed by atoms with van der Waals surface area (Å²) in [5.41, 5.74) is 1.45. The molecule has 0 N–H and O–H groups in total. The molecule has 0 spiro atoms. The van der Waals surface area contributed by atoms with Crippen molar-refractivity contribution in [3.8, 4) is 11.6 Å². The fourth-order valence-electron chi connectivity index (χ4n) is 1.37. The molecule has 0 amide bonds. The zero-order valence-electron chi connectivity index (χ0n) is 9.68. The van der Waals surface area contributed by atoms with Crippen LogP contribution < -0.4 is 4.74 Å². The molecule has 0 unspecified atom stereocenters. The van der Waals surface area contributed by atoms with Gasteiger partial charge in [0, 0.05) is 11.8 Å². The number of ketones is 1. The third-order valence-corrected chi connectivity index (χ3v) is 2.22. The molecule has 17 heavy (non-hydrogen) atoms. The van der Waals surface area contributed by atoms with Crippen molar-refractivity contribution in [2.45, 2.75) is 13.8 Å². The highest BCUT2D eigenvalue weighted by atomic mass is 16.5. The summed E-state index contributed by atoms with van der Waals surface area (Å²) in [4.78, 5) is 19.3. The minimum absolute atomic E-state index is 0.0342. The van der Waals surface area contributed by atoms with E-state index < -0.39 is 0 Å². The zero-order valence-corrected chi connectivity index (χ0v) is 9.68. The van der Waals surface area contributed by atoms with Gasteiger partial charge in [0.05, 0.1) is 11.9 Å². The second-order valence-corrected chi connectivity index (χ2v) is 3.68. The molecular formula is C13H12N2O2. The molecule has 1 aromatic heterocycles. The molecule has 0 aliphatic carbocycles. The van der Waals surface area contributed by atoms with Crippen LogP contribution in [0.15, 0.2) is 36.7 Å². The van der Waals surface area contributed by atoms with E-state index in [1.807, 2.05) is 6.92 Å². The number of aromatic nitrogens is 2. The molecule has 0 aliphatic rings. The van der Waals surface area contributed by atoms with Crippen molar-refractivity contribution in [2.24, 2.45) is 0 Å². The predicted octanol–water partition coefficient (Wildman–Crippen LogP) is 2.78. The molecular weight excluding hydrogens is 216 g/mol. The van der Waals surface area contributed by atoms with Crippen LogP contribution in [-0.2, 0) is 0 Å². The summed E-state index contributed by atoms with van der Waals surface area (Å²) in [6.07, 6.45) is 3.21. The van der Waals surface area contributed by atoms with E-state index in [1.54, 1.807) is 36.7 Å². The average Bonchev–Trinajstić information content (AvgIpc) is 2.29. The summed E-state index contributed by atoms with van der Waals surface area (Å²) < 4.78 is 5.51. The first-order valence-corrected chi connectivity index (χ1v) is 5.22. The lowest BCUT2D eigenvalue weighted by Crippen LogP contribution is -1.93. The third kappa shape index (κ3) is 2.87. The van der Waals surface area contributed by atoms with Crippen molar-refractivity contribution in [2.75, 3.05) is 0 Å². The molecule has 0 aliphatic heterocycles. The van der Waals surface area contributed by atoms with Crippen LogP contribution >= 0.6 is 0 Å². The Morgan fingerprint density at radius 1 is 1.18 bits per heavy atom. The van der Waals surface area contributed by atoms with Gasteiger partial charge >= 0.3 is 0 Å². The number of carbonyl (C=O) groups excluding carboxylic acids is 1. The van der Waals surface area contributed by atoms with Gasteiger partial charge in [-0.2, -0.15) is 0 Å². The topological polar surface area (TPSA) is 52.1 Å². The van der Waals surface area contributed by atoms with Gasteiger partial charge < -0.3 is 4.74 Å². The van der Waals surface area contributed by atoms with E-state index in [-0.39, 0.29) is 5.78 Å². The molecule has 1 aromatic carbocycles. The quantitative estimate of drug-likeness (QED) is 0.758. The molecule has 2 rings (SSSR count). The van der Waals surface area contributed by atoms with Crippen LogP contribution in [0.5, 0.6) is 11.6 Å². The van der Waals surface area contributed by atoms with Crippen molar-refractivity contribution in [3.05, 3.63) is 47.9 Å². The largest absolute Gasteiger partial charge is 0.437 e. The van der Waals surface area contributed by atoms with Gasteiger partial charge in [0.25, 0.3) is 0 Å². The Bertz CT molecular complexity index is 535. The molecule has 2 aromatic rings. The van der Waals surface area contributed by atoms with Gasteiger partial charge in [-0.05, 0) is 38.1 Å². The minimum atomic E-state index is 0.0342. The normalized spacial score (nSPS) is 10.0. The van der Waals surface area contributed by atoms with E-state index >= 15 is 0 Å². The fraction of sp³-hybridized carbons (Fsp3) is 0.154. The molecule has 0 fully saturated rings. The maximum absolute atomic E-state index is 11.1. The first-order chi connectivity index (χ1) is 8.15. The van der Waals surface area contributed by atoms with E-state index in [0.717, 1.165) is 5.69 Å². The summed E-state index contributed by atoms with van der Waals surface area (Å²) >= 11 is 0. The molecule has 1 heterocycles. The molecule has 0 saturated carbocycles. The smallest absolute Gasteiger partial charge is 0.238 e.